The standard InChI is InChI=1S/C10H21NO/c1-5-7-11-8-10(12-4)9(3)6-2/h8-10H,5-7H2,1-4H3/b11-8-. The lowest BCUT2D eigenvalue weighted by Gasteiger charge is -2.16. The van der Waals surface area contributed by atoms with Gasteiger partial charge in [0.15, 0.2) is 0 Å². The van der Waals surface area contributed by atoms with Crippen molar-refractivity contribution in [1.82, 2.24) is 0 Å². The minimum Gasteiger partial charge on any atom is -0.376 e. The second kappa shape index (κ2) is 7.29. The third kappa shape index (κ3) is 4.50. The Balaban J connectivity index is 3.81. The van der Waals surface area contributed by atoms with Crippen LogP contribution in [-0.4, -0.2) is 26.0 Å². The van der Waals surface area contributed by atoms with Gasteiger partial charge in [0.2, 0.25) is 0 Å². The number of nitrogens with zero attached hydrogens (tertiary/aromatic N) is 1. The maximum Gasteiger partial charge on any atom is 0.0943 e. The summed E-state index contributed by atoms with van der Waals surface area (Å²) in [6.07, 6.45) is 4.38. The van der Waals surface area contributed by atoms with Crippen molar-refractivity contribution in [1.29, 1.82) is 0 Å². The summed E-state index contributed by atoms with van der Waals surface area (Å²) in [7, 11) is 1.74. The molecule has 0 aromatic heterocycles. The Hall–Kier alpha value is -0.370. The number of hydrogen-bond donors (Lipinski definition) is 0. The van der Waals surface area contributed by atoms with Crippen LogP contribution in [0.4, 0.5) is 0 Å². The van der Waals surface area contributed by atoms with Crippen LogP contribution < -0.4 is 0 Å². The molecule has 2 heteroatoms. The molecule has 0 aliphatic rings. The molecule has 0 radical (unpaired) electrons. The van der Waals surface area contributed by atoms with Gasteiger partial charge in [-0.2, -0.15) is 0 Å². The highest BCUT2D eigenvalue weighted by Gasteiger charge is 2.11. The van der Waals surface area contributed by atoms with E-state index in [1.54, 1.807) is 7.11 Å². The zero-order valence-corrected chi connectivity index (χ0v) is 8.71. The number of methoxy groups -OCH3 is 1. The summed E-state index contributed by atoms with van der Waals surface area (Å²) >= 11 is 0. The molecule has 0 N–H and O–H groups in total. The molecule has 0 spiro atoms. The summed E-state index contributed by atoms with van der Waals surface area (Å²) in [6, 6.07) is 0. The van der Waals surface area contributed by atoms with Crippen molar-refractivity contribution < 1.29 is 4.74 Å². The molecule has 0 aliphatic carbocycles. The van der Waals surface area contributed by atoms with Gasteiger partial charge in [-0.15, -0.1) is 0 Å². The van der Waals surface area contributed by atoms with Crippen LogP contribution in [-0.2, 0) is 4.74 Å². The maximum absolute atomic E-state index is 5.30. The molecule has 0 fully saturated rings. The van der Waals surface area contributed by atoms with Gasteiger partial charge in [-0.25, -0.2) is 0 Å². The zero-order valence-electron chi connectivity index (χ0n) is 8.71. The van der Waals surface area contributed by atoms with Gasteiger partial charge in [-0.3, -0.25) is 4.99 Å². The van der Waals surface area contributed by atoms with E-state index in [0.29, 0.717) is 5.92 Å². The van der Waals surface area contributed by atoms with Crippen molar-refractivity contribution in [2.45, 2.75) is 39.7 Å². The zero-order chi connectivity index (χ0) is 9.40. The van der Waals surface area contributed by atoms with Gasteiger partial charge in [0, 0.05) is 19.9 Å². The Kier molecular flexibility index (Phi) is 7.06. The van der Waals surface area contributed by atoms with Crippen LogP contribution in [0.5, 0.6) is 0 Å². The average Bonchev–Trinajstić information content (AvgIpc) is 2.11. The first-order valence-electron chi connectivity index (χ1n) is 4.78. The van der Waals surface area contributed by atoms with Crippen molar-refractivity contribution in [2.24, 2.45) is 10.9 Å². The second-order valence-corrected chi connectivity index (χ2v) is 3.14. The van der Waals surface area contributed by atoms with E-state index in [1.165, 1.54) is 0 Å². The fourth-order valence-electron chi connectivity index (χ4n) is 0.980. The lowest BCUT2D eigenvalue weighted by Crippen LogP contribution is -2.21. The van der Waals surface area contributed by atoms with Gasteiger partial charge in [-0.1, -0.05) is 27.2 Å². The quantitative estimate of drug-likeness (QED) is 0.563. The van der Waals surface area contributed by atoms with Crippen LogP contribution in [0.1, 0.15) is 33.6 Å². The molecule has 2 nitrogen and oxygen atoms in total. The summed E-state index contributed by atoms with van der Waals surface area (Å²) in [5, 5.41) is 0. The second-order valence-electron chi connectivity index (χ2n) is 3.14. The molecule has 0 heterocycles. The van der Waals surface area contributed by atoms with Crippen molar-refractivity contribution in [3.8, 4) is 0 Å². The van der Waals surface area contributed by atoms with Gasteiger partial charge in [0.25, 0.3) is 0 Å². The van der Waals surface area contributed by atoms with E-state index in [9.17, 15) is 0 Å². The number of hydrogen-bond acceptors (Lipinski definition) is 2. The topological polar surface area (TPSA) is 21.6 Å². The predicted octanol–water partition coefficient (Wildman–Crippen LogP) is 2.53. The van der Waals surface area contributed by atoms with E-state index in [0.717, 1.165) is 19.4 Å². The molecule has 0 aromatic rings. The summed E-state index contributed by atoms with van der Waals surface area (Å²) < 4.78 is 5.30. The molecule has 0 aromatic carbocycles. The molecule has 72 valence electrons. The predicted molar refractivity (Wildman–Crippen MR) is 53.9 cm³/mol. The minimum atomic E-state index is 0.196. The normalized spacial score (nSPS) is 16.7. The fourth-order valence-corrected chi connectivity index (χ4v) is 0.980. The summed E-state index contributed by atoms with van der Waals surface area (Å²) in [5.74, 6) is 0.565. The van der Waals surface area contributed by atoms with E-state index in [4.69, 9.17) is 4.74 Å². The van der Waals surface area contributed by atoms with E-state index in [-0.39, 0.29) is 6.10 Å². The summed E-state index contributed by atoms with van der Waals surface area (Å²) in [4.78, 5) is 4.28. The molecule has 0 rings (SSSR count). The Morgan fingerprint density at radius 1 is 1.42 bits per heavy atom. The van der Waals surface area contributed by atoms with E-state index in [2.05, 4.69) is 25.8 Å². The molecule has 0 amide bonds. The highest BCUT2D eigenvalue weighted by atomic mass is 16.5. The molecule has 2 atom stereocenters. The minimum absolute atomic E-state index is 0.196. The highest BCUT2D eigenvalue weighted by Crippen LogP contribution is 2.08. The van der Waals surface area contributed by atoms with Crippen LogP contribution in [0.3, 0.4) is 0 Å². The maximum atomic E-state index is 5.30. The molecular formula is C10H21NO. The molecule has 12 heavy (non-hydrogen) atoms. The summed E-state index contributed by atoms with van der Waals surface area (Å²) in [6.45, 7) is 7.40. The van der Waals surface area contributed by atoms with E-state index >= 15 is 0 Å². The van der Waals surface area contributed by atoms with Crippen LogP contribution in [0.25, 0.3) is 0 Å². The van der Waals surface area contributed by atoms with Gasteiger partial charge in [-0.05, 0) is 12.3 Å². The highest BCUT2D eigenvalue weighted by molar-refractivity contribution is 5.63. The molecule has 0 aliphatic heterocycles. The molecule has 0 saturated carbocycles. The Morgan fingerprint density at radius 2 is 2.08 bits per heavy atom. The SMILES string of the molecule is CCC/N=C\C(OC)C(C)CC. The first kappa shape index (κ1) is 11.6. The van der Waals surface area contributed by atoms with Crippen LogP contribution in [0.15, 0.2) is 4.99 Å². The first-order valence-corrected chi connectivity index (χ1v) is 4.78. The van der Waals surface area contributed by atoms with Crippen LogP contribution >= 0.6 is 0 Å². The first-order chi connectivity index (χ1) is 5.76. The lowest BCUT2D eigenvalue weighted by molar-refractivity contribution is 0.113. The van der Waals surface area contributed by atoms with Crippen LogP contribution in [0.2, 0.25) is 0 Å². The van der Waals surface area contributed by atoms with Crippen molar-refractivity contribution in [3.05, 3.63) is 0 Å². The van der Waals surface area contributed by atoms with E-state index in [1.807, 2.05) is 6.21 Å². The molecule has 0 bridgehead atoms. The average molecular weight is 171 g/mol. The smallest absolute Gasteiger partial charge is 0.0943 e. The Morgan fingerprint density at radius 3 is 2.50 bits per heavy atom. The number of aliphatic imine (C=N–C) groups is 1. The molecule has 0 saturated heterocycles. The number of rotatable bonds is 6. The molecule has 2 unspecified atom stereocenters. The van der Waals surface area contributed by atoms with Gasteiger partial charge in [0.1, 0.15) is 0 Å². The molecular weight excluding hydrogens is 150 g/mol. The largest absolute Gasteiger partial charge is 0.376 e. The van der Waals surface area contributed by atoms with E-state index < -0.39 is 0 Å². The lowest BCUT2D eigenvalue weighted by atomic mass is 10.0. The van der Waals surface area contributed by atoms with Gasteiger partial charge >= 0.3 is 0 Å². The fraction of sp³-hybridized carbons (Fsp3) is 0.900. The number of ether oxygens (including phenoxy) is 1. The van der Waals surface area contributed by atoms with Crippen LogP contribution in [0, 0.1) is 5.92 Å². The van der Waals surface area contributed by atoms with Crippen molar-refractivity contribution in [3.63, 3.8) is 0 Å². The Bertz CT molecular complexity index is 123. The monoisotopic (exact) mass is 171 g/mol. The third-order valence-electron chi connectivity index (χ3n) is 2.08. The van der Waals surface area contributed by atoms with Crippen molar-refractivity contribution >= 4 is 6.21 Å². The summed E-state index contributed by atoms with van der Waals surface area (Å²) in [5.41, 5.74) is 0. The van der Waals surface area contributed by atoms with Gasteiger partial charge < -0.3 is 4.74 Å². The van der Waals surface area contributed by atoms with Crippen molar-refractivity contribution in [2.75, 3.05) is 13.7 Å². The van der Waals surface area contributed by atoms with Gasteiger partial charge in [0.05, 0.1) is 6.10 Å². The third-order valence-corrected chi connectivity index (χ3v) is 2.08. The Labute approximate surface area is 76.0 Å².